The van der Waals surface area contributed by atoms with Crippen LogP contribution in [0.2, 0.25) is 0 Å². The van der Waals surface area contributed by atoms with E-state index in [2.05, 4.69) is 33.6 Å². The molecule has 5 heteroatoms. The molecule has 25 heavy (non-hydrogen) atoms. The van der Waals surface area contributed by atoms with E-state index in [1.807, 2.05) is 37.6 Å². The van der Waals surface area contributed by atoms with E-state index in [9.17, 15) is 4.79 Å². The second-order valence-corrected chi connectivity index (χ2v) is 7.06. The van der Waals surface area contributed by atoms with Crippen LogP contribution in [0.1, 0.15) is 30.1 Å². The summed E-state index contributed by atoms with van der Waals surface area (Å²) in [5.41, 5.74) is 1.97. The number of fused-ring (bicyclic) bond motifs is 1. The Morgan fingerprint density at radius 3 is 2.88 bits per heavy atom. The number of aromatic nitrogens is 3. The fraction of sp³-hybridized carbons (Fsp3) is 0.400. The van der Waals surface area contributed by atoms with Gasteiger partial charge in [0, 0.05) is 51.1 Å². The molecule has 1 aliphatic rings. The first-order chi connectivity index (χ1) is 12.1. The summed E-state index contributed by atoms with van der Waals surface area (Å²) in [7, 11) is 3.92. The summed E-state index contributed by atoms with van der Waals surface area (Å²) in [4.78, 5) is 19.7. The van der Waals surface area contributed by atoms with Crippen LogP contribution in [0.25, 0.3) is 10.9 Å². The molecule has 1 unspecified atom stereocenters. The lowest BCUT2D eigenvalue weighted by molar-refractivity contribution is 0.194. The van der Waals surface area contributed by atoms with Gasteiger partial charge in [-0.2, -0.15) is 0 Å². The number of hydrogen-bond donors (Lipinski definition) is 0. The van der Waals surface area contributed by atoms with Crippen molar-refractivity contribution in [3.05, 3.63) is 64.5 Å². The number of rotatable bonds is 3. The maximum atomic E-state index is 12.7. The van der Waals surface area contributed by atoms with Gasteiger partial charge in [0.05, 0.1) is 5.52 Å². The molecule has 0 spiro atoms. The first kappa shape index (κ1) is 16.1. The van der Waals surface area contributed by atoms with E-state index < -0.39 is 0 Å². The summed E-state index contributed by atoms with van der Waals surface area (Å²) in [5, 5.41) is 1.12. The highest BCUT2D eigenvalue weighted by Crippen LogP contribution is 2.26. The van der Waals surface area contributed by atoms with Crippen LogP contribution in [0, 0.1) is 0 Å². The summed E-state index contributed by atoms with van der Waals surface area (Å²) in [6, 6.07) is 10.1. The van der Waals surface area contributed by atoms with E-state index in [0.29, 0.717) is 12.5 Å². The first-order valence-corrected chi connectivity index (χ1v) is 8.90. The molecule has 1 atom stereocenters. The maximum Gasteiger partial charge on any atom is 0.255 e. The van der Waals surface area contributed by atoms with Crippen molar-refractivity contribution in [1.82, 2.24) is 19.0 Å². The fourth-order valence-electron chi connectivity index (χ4n) is 4.02. The molecule has 4 rings (SSSR count). The SMILES string of the molecule is Cn1ccnc1C1CCCN(Cc2cc3ccccc3n(C)c2=O)C1. The van der Waals surface area contributed by atoms with Crippen LogP contribution in [-0.4, -0.2) is 32.1 Å². The van der Waals surface area contributed by atoms with E-state index in [-0.39, 0.29) is 5.56 Å². The zero-order valence-electron chi connectivity index (χ0n) is 14.9. The van der Waals surface area contributed by atoms with Gasteiger partial charge in [-0.15, -0.1) is 0 Å². The minimum atomic E-state index is 0.109. The molecule has 1 fully saturated rings. The zero-order valence-corrected chi connectivity index (χ0v) is 14.9. The monoisotopic (exact) mass is 336 g/mol. The molecular formula is C20H24N4O. The van der Waals surface area contributed by atoms with Crippen LogP contribution < -0.4 is 5.56 Å². The van der Waals surface area contributed by atoms with Crippen LogP contribution in [-0.2, 0) is 20.6 Å². The molecule has 1 aromatic carbocycles. The standard InChI is InChI=1S/C20H24N4O/c1-22-11-9-21-19(22)16-7-5-10-24(13-16)14-17-12-15-6-3-4-8-18(15)23(2)20(17)25/h3-4,6,8-9,11-12,16H,5,7,10,13-14H2,1-2H3. The average Bonchev–Trinajstić information content (AvgIpc) is 3.06. The Bertz CT molecular complexity index is 956. The van der Waals surface area contributed by atoms with Gasteiger partial charge in [-0.05, 0) is 36.9 Å². The van der Waals surface area contributed by atoms with Crippen molar-refractivity contribution < 1.29 is 0 Å². The Balaban J connectivity index is 1.60. The Kier molecular flexibility index (Phi) is 4.17. The molecule has 0 saturated carbocycles. The minimum Gasteiger partial charge on any atom is -0.338 e. The number of para-hydroxylation sites is 1. The van der Waals surface area contributed by atoms with Crippen LogP contribution in [0.4, 0.5) is 0 Å². The molecule has 0 N–H and O–H groups in total. The average molecular weight is 336 g/mol. The molecule has 0 amide bonds. The molecule has 0 bridgehead atoms. The lowest BCUT2D eigenvalue weighted by Crippen LogP contribution is -2.37. The van der Waals surface area contributed by atoms with Crippen LogP contribution in [0.15, 0.2) is 47.5 Å². The Morgan fingerprint density at radius 1 is 1.24 bits per heavy atom. The van der Waals surface area contributed by atoms with Gasteiger partial charge in [-0.1, -0.05) is 18.2 Å². The lowest BCUT2D eigenvalue weighted by atomic mass is 9.96. The molecule has 3 aromatic rings. The zero-order chi connectivity index (χ0) is 17.4. The van der Waals surface area contributed by atoms with E-state index in [0.717, 1.165) is 48.2 Å². The summed E-state index contributed by atoms with van der Waals surface area (Å²) in [6.45, 7) is 2.70. The van der Waals surface area contributed by atoms with Crippen molar-refractivity contribution in [2.24, 2.45) is 14.1 Å². The number of hydrogen-bond acceptors (Lipinski definition) is 3. The molecule has 1 aliphatic heterocycles. The second-order valence-electron chi connectivity index (χ2n) is 7.06. The van der Waals surface area contributed by atoms with E-state index in [1.54, 1.807) is 4.57 Å². The highest BCUT2D eigenvalue weighted by Gasteiger charge is 2.24. The number of nitrogens with zero attached hydrogens (tertiary/aromatic N) is 4. The fourth-order valence-corrected chi connectivity index (χ4v) is 4.02. The lowest BCUT2D eigenvalue weighted by Gasteiger charge is -2.32. The topological polar surface area (TPSA) is 43.1 Å². The van der Waals surface area contributed by atoms with E-state index in [1.165, 1.54) is 0 Å². The second kappa shape index (κ2) is 6.48. The van der Waals surface area contributed by atoms with Gasteiger partial charge in [0.15, 0.2) is 0 Å². The van der Waals surface area contributed by atoms with Gasteiger partial charge in [-0.25, -0.2) is 4.98 Å². The first-order valence-electron chi connectivity index (χ1n) is 8.90. The van der Waals surface area contributed by atoms with Crippen molar-refractivity contribution in [1.29, 1.82) is 0 Å². The highest BCUT2D eigenvalue weighted by molar-refractivity contribution is 5.79. The van der Waals surface area contributed by atoms with Crippen LogP contribution >= 0.6 is 0 Å². The summed E-state index contributed by atoms with van der Waals surface area (Å²) < 4.78 is 3.88. The Morgan fingerprint density at radius 2 is 2.08 bits per heavy atom. The third-order valence-corrected chi connectivity index (χ3v) is 5.33. The third-order valence-electron chi connectivity index (χ3n) is 5.33. The molecule has 5 nitrogen and oxygen atoms in total. The van der Waals surface area contributed by atoms with Crippen LogP contribution in [0.3, 0.4) is 0 Å². The van der Waals surface area contributed by atoms with Crippen molar-refractivity contribution in [3.63, 3.8) is 0 Å². The van der Waals surface area contributed by atoms with Crippen molar-refractivity contribution in [2.75, 3.05) is 13.1 Å². The summed E-state index contributed by atoms with van der Waals surface area (Å²) >= 11 is 0. The van der Waals surface area contributed by atoms with Gasteiger partial charge in [0.2, 0.25) is 0 Å². The smallest absolute Gasteiger partial charge is 0.255 e. The molecule has 3 heterocycles. The van der Waals surface area contributed by atoms with Crippen molar-refractivity contribution in [2.45, 2.75) is 25.3 Å². The quantitative estimate of drug-likeness (QED) is 0.738. The number of piperidine rings is 1. The molecule has 1 saturated heterocycles. The maximum absolute atomic E-state index is 12.7. The van der Waals surface area contributed by atoms with Gasteiger partial charge < -0.3 is 9.13 Å². The largest absolute Gasteiger partial charge is 0.338 e. The number of pyridine rings is 1. The number of likely N-dealkylation sites (tertiary alicyclic amines) is 1. The van der Waals surface area contributed by atoms with Gasteiger partial charge in [0.1, 0.15) is 5.82 Å². The Labute approximate surface area is 147 Å². The Hall–Kier alpha value is -2.40. The van der Waals surface area contributed by atoms with Crippen LogP contribution in [0.5, 0.6) is 0 Å². The summed E-state index contributed by atoms with van der Waals surface area (Å²) in [6.07, 6.45) is 6.18. The van der Waals surface area contributed by atoms with Crippen molar-refractivity contribution >= 4 is 10.9 Å². The molecule has 0 aliphatic carbocycles. The third kappa shape index (κ3) is 3.00. The van der Waals surface area contributed by atoms with E-state index in [4.69, 9.17) is 0 Å². The molecule has 2 aromatic heterocycles. The predicted molar refractivity (Wildman–Crippen MR) is 99.6 cm³/mol. The summed E-state index contributed by atoms with van der Waals surface area (Å²) in [5.74, 6) is 1.59. The normalized spacial score (nSPS) is 18.7. The molecule has 130 valence electrons. The number of aryl methyl sites for hydroxylation is 2. The predicted octanol–water partition coefficient (Wildman–Crippen LogP) is 2.65. The molecular weight excluding hydrogens is 312 g/mol. The molecule has 0 radical (unpaired) electrons. The number of benzene rings is 1. The van der Waals surface area contributed by atoms with Gasteiger partial charge in [0.25, 0.3) is 5.56 Å². The van der Waals surface area contributed by atoms with Gasteiger partial charge >= 0.3 is 0 Å². The highest BCUT2D eigenvalue weighted by atomic mass is 16.1. The van der Waals surface area contributed by atoms with E-state index >= 15 is 0 Å². The number of imidazole rings is 1. The van der Waals surface area contributed by atoms with Crippen molar-refractivity contribution in [3.8, 4) is 0 Å². The minimum absolute atomic E-state index is 0.109. The van der Waals surface area contributed by atoms with Gasteiger partial charge in [-0.3, -0.25) is 9.69 Å².